The first kappa shape index (κ1) is 25.5. The number of nitrogens with one attached hydrogen (secondary N) is 3. The van der Waals surface area contributed by atoms with E-state index in [4.69, 9.17) is 0 Å². The number of aliphatic hydroxyl groups is 1. The topological polar surface area (TPSA) is 90.5 Å². The fraction of sp³-hybridized carbons (Fsp3) is 0.286. The third-order valence-electron chi connectivity index (χ3n) is 6.31. The number of amides is 2. The molecule has 0 radical (unpaired) electrons. The van der Waals surface area contributed by atoms with Crippen LogP contribution in [0.3, 0.4) is 0 Å². The summed E-state index contributed by atoms with van der Waals surface area (Å²) in [6.45, 7) is 2.71. The first-order valence-electron chi connectivity index (χ1n) is 12.0. The van der Waals surface area contributed by atoms with Gasteiger partial charge in [0.25, 0.3) is 5.91 Å². The zero-order valence-electron chi connectivity index (χ0n) is 19.9. The number of hydrogen-bond donors (Lipinski definition) is 4. The maximum absolute atomic E-state index is 13.8. The summed E-state index contributed by atoms with van der Waals surface area (Å²) in [6, 6.07) is 16.2. The summed E-state index contributed by atoms with van der Waals surface area (Å²) in [4.78, 5) is 25.4. The Hall–Kier alpha value is -3.62. The van der Waals surface area contributed by atoms with Gasteiger partial charge in [-0.2, -0.15) is 0 Å². The minimum Gasteiger partial charge on any atom is -0.390 e. The Kier molecular flexibility index (Phi) is 8.07. The number of rotatable bonds is 10. The van der Waals surface area contributed by atoms with Crippen molar-refractivity contribution in [2.75, 3.05) is 6.54 Å². The van der Waals surface area contributed by atoms with Crippen molar-refractivity contribution in [2.24, 2.45) is 0 Å². The SMILES string of the molecule is CCc1cccc(CNCC(O)C(Cc2cc(F)cc(F)c2)NC(=O)C2NC(=O)c3ccccc32)c1. The molecule has 188 valence electrons. The van der Waals surface area contributed by atoms with Crippen LogP contribution in [-0.2, 0) is 24.2 Å². The smallest absolute Gasteiger partial charge is 0.252 e. The summed E-state index contributed by atoms with van der Waals surface area (Å²) in [5.41, 5.74) is 3.51. The van der Waals surface area contributed by atoms with Crippen LogP contribution in [0.4, 0.5) is 8.78 Å². The Morgan fingerprint density at radius 3 is 2.47 bits per heavy atom. The maximum atomic E-state index is 13.8. The van der Waals surface area contributed by atoms with Crippen molar-refractivity contribution in [1.29, 1.82) is 0 Å². The molecule has 0 aliphatic carbocycles. The molecule has 1 aliphatic rings. The van der Waals surface area contributed by atoms with Crippen LogP contribution in [-0.4, -0.2) is 35.6 Å². The molecule has 0 aromatic heterocycles. The molecule has 4 rings (SSSR count). The van der Waals surface area contributed by atoms with Gasteiger partial charge in [0, 0.05) is 24.7 Å². The van der Waals surface area contributed by atoms with Crippen LogP contribution in [0.1, 0.15) is 45.6 Å². The van der Waals surface area contributed by atoms with E-state index in [2.05, 4.69) is 28.9 Å². The van der Waals surface area contributed by atoms with E-state index in [0.717, 1.165) is 18.1 Å². The lowest BCUT2D eigenvalue weighted by atomic mass is 9.99. The minimum atomic E-state index is -1.07. The molecule has 36 heavy (non-hydrogen) atoms. The van der Waals surface area contributed by atoms with Crippen LogP contribution in [0.25, 0.3) is 0 Å². The quantitative estimate of drug-likeness (QED) is 0.349. The van der Waals surface area contributed by atoms with E-state index in [1.165, 1.54) is 17.7 Å². The summed E-state index contributed by atoms with van der Waals surface area (Å²) in [5, 5.41) is 19.6. The molecule has 4 N–H and O–H groups in total. The van der Waals surface area contributed by atoms with Crippen molar-refractivity contribution in [3.05, 3.63) is 106 Å². The first-order chi connectivity index (χ1) is 17.3. The van der Waals surface area contributed by atoms with Crippen LogP contribution >= 0.6 is 0 Å². The fourth-order valence-electron chi connectivity index (χ4n) is 4.45. The van der Waals surface area contributed by atoms with Crippen molar-refractivity contribution >= 4 is 11.8 Å². The highest BCUT2D eigenvalue weighted by molar-refractivity contribution is 6.04. The van der Waals surface area contributed by atoms with E-state index >= 15 is 0 Å². The van der Waals surface area contributed by atoms with Crippen molar-refractivity contribution in [3.63, 3.8) is 0 Å². The molecule has 0 fully saturated rings. The second kappa shape index (κ2) is 11.4. The van der Waals surface area contributed by atoms with E-state index in [1.807, 2.05) is 18.2 Å². The highest BCUT2D eigenvalue weighted by Crippen LogP contribution is 2.25. The normalized spacial score (nSPS) is 16.2. The molecule has 6 nitrogen and oxygen atoms in total. The molecule has 1 heterocycles. The van der Waals surface area contributed by atoms with Gasteiger partial charge in [0.1, 0.15) is 17.7 Å². The van der Waals surface area contributed by atoms with Gasteiger partial charge in [-0.1, -0.05) is 49.4 Å². The fourth-order valence-corrected chi connectivity index (χ4v) is 4.45. The molecule has 3 unspecified atom stereocenters. The second-order valence-electron chi connectivity index (χ2n) is 8.96. The predicted octanol–water partition coefficient (Wildman–Crippen LogP) is 3.19. The number of halogens is 2. The summed E-state index contributed by atoms with van der Waals surface area (Å²) in [7, 11) is 0. The third-order valence-corrected chi connectivity index (χ3v) is 6.31. The van der Waals surface area contributed by atoms with E-state index < -0.39 is 35.7 Å². The Bertz CT molecular complexity index is 1230. The van der Waals surface area contributed by atoms with Crippen LogP contribution in [0.5, 0.6) is 0 Å². The molecule has 0 saturated heterocycles. The van der Waals surface area contributed by atoms with Gasteiger partial charge < -0.3 is 21.1 Å². The Balaban J connectivity index is 1.47. The van der Waals surface area contributed by atoms with E-state index in [-0.39, 0.29) is 18.9 Å². The van der Waals surface area contributed by atoms with Gasteiger partial charge in [-0.15, -0.1) is 0 Å². The number of carbonyl (C=O) groups is 2. The van der Waals surface area contributed by atoms with E-state index in [0.29, 0.717) is 23.2 Å². The Morgan fingerprint density at radius 2 is 1.72 bits per heavy atom. The van der Waals surface area contributed by atoms with Gasteiger partial charge in [0.2, 0.25) is 5.91 Å². The Labute approximate surface area is 208 Å². The predicted molar refractivity (Wildman–Crippen MR) is 132 cm³/mol. The van der Waals surface area contributed by atoms with E-state index in [9.17, 15) is 23.5 Å². The van der Waals surface area contributed by atoms with Crippen molar-refractivity contribution in [2.45, 2.75) is 44.5 Å². The molecule has 3 aromatic rings. The molecular formula is C28H29F2N3O3. The molecule has 3 atom stereocenters. The lowest BCUT2D eigenvalue weighted by Crippen LogP contribution is -2.51. The number of benzene rings is 3. The average molecular weight is 494 g/mol. The zero-order chi connectivity index (χ0) is 25.7. The number of hydrogen-bond acceptors (Lipinski definition) is 4. The minimum absolute atomic E-state index is 0.00308. The largest absolute Gasteiger partial charge is 0.390 e. The highest BCUT2D eigenvalue weighted by atomic mass is 19.1. The van der Waals surface area contributed by atoms with Crippen LogP contribution in [0.2, 0.25) is 0 Å². The number of fused-ring (bicyclic) bond motifs is 1. The van der Waals surface area contributed by atoms with Crippen LogP contribution in [0.15, 0.2) is 66.7 Å². The third kappa shape index (κ3) is 6.13. The first-order valence-corrected chi connectivity index (χ1v) is 12.0. The van der Waals surface area contributed by atoms with Gasteiger partial charge in [0.15, 0.2) is 0 Å². The molecule has 1 aliphatic heterocycles. The van der Waals surface area contributed by atoms with Crippen LogP contribution in [0, 0.1) is 11.6 Å². The molecule has 0 saturated carbocycles. The number of aryl methyl sites for hydroxylation is 1. The molecular weight excluding hydrogens is 464 g/mol. The summed E-state index contributed by atoms with van der Waals surface area (Å²) in [6.07, 6.45) is -0.158. The molecule has 3 aromatic carbocycles. The lowest BCUT2D eigenvalue weighted by Gasteiger charge is -2.26. The van der Waals surface area contributed by atoms with Crippen molar-refractivity contribution in [1.82, 2.24) is 16.0 Å². The molecule has 8 heteroatoms. The number of carbonyl (C=O) groups excluding carboxylic acids is 2. The monoisotopic (exact) mass is 493 g/mol. The Morgan fingerprint density at radius 1 is 1.00 bits per heavy atom. The maximum Gasteiger partial charge on any atom is 0.252 e. The van der Waals surface area contributed by atoms with E-state index in [1.54, 1.807) is 24.3 Å². The van der Waals surface area contributed by atoms with Crippen molar-refractivity contribution < 1.29 is 23.5 Å². The molecule has 0 bridgehead atoms. The number of aliphatic hydroxyl groups excluding tert-OH is 1. The molecule has 2 amide bonds. The van der Waals surface area contributed by atoms with Crippen LogP contribution < -0.4 is 16.0 Å². The van der Waals surface area contributed by atoms with Gasteiger partial charge in [-0.3, -0.25) is 9.59 Å². The summed E-state index contributed by atoms with van der Waals surface area (Å²) < 4.78 is 27.6. The van der Waals surface area contributed by atoms with Crippen molar-refractivity contribution in [3.8, 4) is 0 Å². The molecule has 0 spiro atoms. The second-order valence-corrected chi connectivity index (χ2v) is 8.96. The standard InChI is InChI=1S/C28H29F2N3O3/c1-2-17-6-5-7-18(10-17)15-31-16-25(34)24(13-19-11-20(29)14-21(30)12-19)32-28(36)26-22-8-3-4-9-23(22)27(35)33-26/h3-12,14,24-26,31,34H,2,13,15-16H2,1H3,(H,32,36)(H,33,35). The highest BCUT2D eigenvalue weighted by Gasteiger charge is 2.35. The van der Waals surface area contributed by atoms with Gasteiger partial charge in [-0.05, 0) is 53.3 Å². The zero-order valence-corrected chi connectivity index (χ0v) is 19.9. The van der Waals surface area contributed by atoms with Gasteiger partial charge in [-0.25, -0.2) is 8.78 Å². The van der Waals surface area contributed by atoms with Gasteiger partial charge >= 0.3 is 0 Å². The summed E-state index contributed by atoms with van der Waals surface area (Å²) >= 11 is 0. The average Bonchev–Trinajstić information content (AvgIpc) is 3.20. The lowest BCUT2D eigenvalue weighted by molar-refractivity contribution is -0.124. The van der Waals surface area contributed by atoms with Gasteiger partial charge in [0.05, 0.1) is 12.1 Å². The summed E-state index contributed by atoms with van der Waals surface area (Å²) in [5.74, 6) is -2.35.